The van der Waals surface area contributed by atoms with Crippen molar-refractivity contribution in [1.29, 1.82) is 0 Å². The lowest BCUT2D eigenvalue weighted by atomic mass is 9.81. The van der Waals surface area contributed by atoms with Gasteiger partial charge in [-0.2, -0.15) is 13.2 Å². The number of carboxylic acid groups (broad SMARTS) is 1. The summed E-state index contributed by atoms with van der Waals surface area (Å²) in [5, 5.41) is 10.4. The van der Waals surface area contributed by atoms with E-state index in [1.807, 2.05) is 42.5 Å². The molecule has 0 saturated heterocycles. The molecule has 0 radical (unpaired) electrons. The Balaban J connectivity index is 0.000000587. The molecule has 2 aromatic carbocycles. The molecule has 1 aromatic heterocycles. The van der Waals surface area contributed by atoms with E-state index in [0.717, 1.165) is 48.1 Å². The van der Waals surface area contributed by atoms with E-state index in [-0.39, 0.29) is 30.2 Å². The van der Waals surface area contributed by atoms with Gasteiger partial charge in [-0.3, -0.25) is 9.59 Å². The van der Waals surface area contributed by atoms with Crippen molar-refractivity contribution in [2.45, 2.75) is 50.7 Å². The lowest BCUT2D eigenvalue weighted by Gasteiger charge is -2.28. The lowest BCUT2D eigenvalue weighted by Crippen LogP contribution is -2.37. The van der Waals surface area contributed by atoms with Crippen LogP contribution in [-0.2, 0) is 27.2 Å². The van der Waals surface area contributed by atoms with Gasteiger partial charge < -0.3 is 26.9 Å². The predicted molar refractivity (Wildman–Crippen MR) is 146 cm³/mol. The summed E-state index contributed by atoms with van der Waals surface area (Å²) in [7, 11) is 0. The van der Waals surface area contributed by atoms with Gasteiger partial charge >= 0.3 is 12.1 Å². The number of aromatic nitrogens is 2. The number of rotatable bonds is 9. The van der Waals surface area contributed by atoms with Gasteiger partial charge in [-0.25, -0.2) is 9.78 Å². The second kappa shape index (κ2) is 14.4. The molecule has 1 aliphatic carbocycles. The zero-order valence-corrected chi connectivity index (χ0v) is 22.4. The third-order valence-corrected chi connectivity index (χ3v) is 6.93. The molecule has 41 heavy (non-hydrogen) atoms. The number of halogens is 3. The molecule has 9 nitrogen and oxygen atoms in total. The molecule has 0 aliphatic heterocycles. The topological polar surface area (TPSA) is 164 Å². The second-order valence-electron chi connectivity index (χ2n) is 10.0. The third-order valence-electron chi connectivity index (χ3n) is 6.93. The molecule has 4 rings (SSSR count). The van der Waals surface area contributed by atoms with Gasteiger partial charge in [0.2, 0.25) is 11.8 Å². The monoisotopic (exact) mass is 573 g/mol. The summed E-state index contributed by atoms with van der Waals surface area (Å²) in [5.74, 6) is -1.79. The molecule has 1 fully saturated rings. The highest BCUT2D eigenvalue weighted by Crippen LogP contribution is 2.29. The Hall–Kier alpha value is -4.19. The molecule has 0 bridgehead atoms. The molecule has 12 heteroatoms. The summed E-state index contributed by atoms with van der Waals surface area (Å²) in [4.78, 5) is 41.4. The maximum atomic E-state index is 13.2. The number of hydrogen-bond acceptors (Lipinski definition) is 5. The maximum absolute atomic E-state index is 13.2. The number of amides is 2. The Morgan fingerprint density at radius 3 is 2.24 bits per heavy atom. The fourth-order valence-electron chi connectivity index (χ4n) is 4.73. The Labute approximate surface area is 235 Å². The Morgan fingerprint density at radius 2 is 1.66 bits per heavy atom. The van der Waals surface area contributed by atoms with Crippen molar-refractivity contribution in [2.24, 2.45) is 23.3 Å². The average Bonchev–Trinajstić information content (AvgIpc) is 3.43. The highest BCUT2D eigenvalue weighted by atomic mass is 19.4. The van der Waals surface area contributed by atoms with Crippen molar-refractivity contribution in [1.82, 2.24) is 15.3 Å². The number of imidazole rings is 1. The van der Waals surface area contributed by atoms with Gasteiger partial charge in [0.25, 0.3) is 0 Å². The molecule has 220 valence electrons. The Kier molecular flexibility index (Phi) is 11.0. The Bertz CT molecular complexity index is 1310. The van der Waals surface area contributed by atoms with Crippen LogP contribution in [0.4, 0.5) is 13.2 Å². The fourth-order valence-corrected chi connectivity index (χ4v) is 4.73. The van der Waals surface area contributed by atoms with Gasteiger partial charge in [0.1, 0.15) is 5.82 Å². The number of carbonyl (C=O) groups excluding carboxylic acids is 2. The summed E-state index contributed by atoms with van der Waals surface area (Å²) < 4.78 is 31.7. The van der Waals surface area contributed by atoms with E-state index in [9.17, 15) is 22.8 Å². The number of carboxylic acids is 1. The smallest absolute Gasteiger partial charge is 0.475 e. The van der Waals surface area contributed by atoms with Crippen LogP contribution in [0, 0.1) is 11.8 Å². The number of carbonyl (C=O) groups is 3. The molecule has 1 atom stereocenters. The van der Waals surface area contributed by atoms with E-state index in [2.05, 4.69) is 27.4 Å². The summed E-state index contributed by atoms with van der Waals surface area (Å²) in [6.07, 6.45) is 1.28. The van der Waals surface area contributed by atoms with Crippen molar-refractivity contribution in [3.8, 4) is 11.3 Å². The van der Waals surface area contributed by atoms with Crippen LogP contribution < -0.4 is 16.8 Å². The van der Waals surface area contributed by atoms with Gasteiger partial charge in [0.05, 0.1) is 24.4 Å². The van der Waals surface area contributed by atoms with E-state index in [4.69, 9.17) is 21.4 Å². The van der Waals surface area contributed by atoms with Crippen LogP contribution in [-0.4, -0.2) is 45.6 Å². The summed E-state index contributed by atoms with van der Waals surface area (Å²) >= 11 is 0. The SMILES string of the molecule is NCC1CCC(C(=O)N[C@@H](Cc2ccccc2)c2ncc(-c3cccc(CC(N)=O)c3)[nH]2)CC1.O=C(O)C(F)(F)F. The van der Waals surface area contributed by atoms with E-state index in [1.165, 1.54) is 0 Å². The Morgan fingerprint density at radius 1 is 1.02 bits per heavy atom. The first-order valence-electron chi connectivity index (χ1n) is 13.2. The van der Waals surface area contributed by atoms with Gasteiger partial charge in [-0.15, -0.1) is 0 Å². The van der Waals surface area contributed by atoms with Crippen LogP contribution in [0.25, 0.3) is 11.3 Å². The summed E-state index contributed by atoms with van der Waals surface area (Å²) in [6, 6.07) is 17.5. The number of hydrogen-bond donors (Lipinski definition) is 5. The molecule has 2 amide bonds. The number of aromatic amines is 1. The quantitative estimate of drug-likeness (QED) is 0.261. The number of alkyl halides is 3. The molecule has 1 heterocycles. The van der Waals surface area contributed by atoms with Gasteiger partial charge in [-0.1, -0.05) is 48.5 Å². The first-order chi connectivity index (χ1) is 19.5. The lowest BCUT2D eigenvalue weighted by molar-refractivity contribution is -0.192. The maximum Gasteiger partial charge on any atom is 0.490 e. The minimum Gasteiger partial charge on any atom is -0.475 e. The number of H-pyrrole nitrogens is 1. The van der Waals surface area contributed by atoms with Crippen LogP contribution in [0.3, 0.4) is 0 Å². The van der Waals surface area contributed by atoms with Crippen molar-refractivity contribution >= 4 is 17.8 Å². The standard InChI is InChI=1S/C27H33N5O2.C2HF3O2/c28-16-19-9-11-21(12-10-19)27(34)32-23(14-18-5-2-1-3-6-18)26-30-17-24(31-26)22-8-4-7-20(13-22)15-25(29)33;3-2(4,5)1(6)7/h1-8,13,17,19,21,23H,9-12,14-16,28H2,(H2,29,33)(H,30,31)(H,32,34);(H,6,7)/t19?,21?,23-;/m0./s1. The van der Waals surface area contributed by atoms with Gasteiger partial charge in [0, 0.05) is 5.92 Å². The number of nitrogens with zero attached hydrogens (tertiary/aromatic N) is 1. The normalized spacial score (nSPS) is 17.6. The van der Waals surface area contributed by atoms with Crippen molar-refractivity contribution < 1.29 is 32.7 Å². The number of nitrogens with two attached hydrogens (primary N) is 2. The van der Waals surface area contributed by atoms with Crippen LogP contribution in [0.2, 0.25) is 0 Å². The molecular formula is C29H34F3N5O4. The van der Waals surface area contributed by atoms with Gasteiger partial charge in [0.15, 0.2) is 0 Å². The van der Waals surface area contributed by atoms with Gasteiger partial charge in [-0.05, 0) is 67.3 Å². The van der Waals surface area contributed by atoms with E-state index in [1.54, 1.807) is 6.20 Å². The number of aliphatic carboxylic acids is 1. The molecular weight excluding hydrogens is 539 g/mol. The fraction of sp³-hybridized carbons (Fsp3) is 0.379. The highest BCUT2D eigenvalue weighted by molar-refractivity contribution is 5.79. The molecule has 1 aliphatic rings. The predicted octanol–water partition coefficient (Wildman–Crippen LogP) is 3.90. The molecule has 0 unspecified atom stereocenters. The third kappa shape index (κ3) is 9.75. The van der Waals surface area contributed by atoms with Crippen LogP contribution >= 0.6 is 0 Å². The zero-order valence-electron chi connectivity index (χ0n) is 22.4. The van der Waals surface area contributed by atoms with Crippen molar-refractivity contribution in [3.05, 3.63) is 77.7 Å². The summed E-state index contributed by atoms with van der Waals surface area (Å²) in [5.41, 5.74) is 14.9. The number of nitrogens with one attached hydrogen (secondary N) is 2. The highest BCUT2D eigenvalue weighted by Gasteiger charge is 2.38. The van der Waals surface area contributed by atoms with E-state index >= 15 is 0 Å². The number of primary amides is 1. The largest absolute Gasteiger partial charge is 0.490 e. The van der Waals surface area contributed by atoms with Crippen molar-refractivity contribution in [3.63, 3.8) is 0 Å². The van der Waals surface area contributed by atoms with Crippen LogP contribution in [0.15, 0.2) is 60.8 Å². The van der Waals surface area contributed by atoms with Crippen LogP contribution in [0.1, 0.15) is 48.7 Å². The molecule has 3 aromatic rings. The van der Waals surface area contributed by atoms with E-state index in [0.29, 0.717) is 24.7 Å². The first kappa shape index (κ1) is 31.3. The molecule has 7 N–H and O–H groups in total. The van der Waals surface area contributed by atoms with E-state index < -0.39 is 12.1 Å². The van der Waals surface area contributed by atoms with Crippen LogP contribution in [0.5, 0.6) is 0 Å². The minimum atomic E-state index is -5.08. The minimum absolute atomic E-state index is 0.0148. The zero-order chi connectivity index (χ0) is 30.0. The average molecular weight is 574 g/mol. The first-order valence-corrected chi connectivity index (χ1v) is 13.2. The molecule has 1 saturated carbocycles. The summed E-state index contributed by atoms with van der Waals surface area (Å²) in [6.45, 7) is 0.695. The van der Waals surface area contributed by atoms with Crippen molar-refractivity contribution in [2.75, 3.05) is 6.54 Å². The number of benzene rings is 2. The second-order valence-corrected chi connectivity index (χ2v) is 10.0. The molecule has 0 spiro atoms.